The number of hydrogen-bond donors (Lipinski definition) is 4. The number of allylic oxidation sites excluding steroid dienone is 1. The molecule has 0 bridgehead atoms. The first-order chi connectivity index (χ1) is 12.6. The van der Waals surface area contributed by atoms with Crippen LogP contribution in [0, 0.1) is 23.1 Å². The first-order valence-corrected chi connectivity index (χ1v) is 9.17. The lowest BCUT2D eigenvalue weighted by molar-refractivity contribution is 0.471. The molecule has 5 N–H and O–H groups in total. The van der Waals surface area contributed by atoms with Crippen molar-refractivity contribution < 1.29 is 9.50 Å². The highest BCUT2D eigenvalue weighted by Crippen LogP contribution is 2.39. The molecule has 7 nitrogen and oxygen atoms in total. The lowest BCUT2D eigenvalue weighted by atomic mass is 10.0. The van der Waals surface area contributed by atoms with Crippen LogP contribution in [0.15, 0.2) is 18.3 Å². The van der Waals surface area contributed by atoms with E-state index < -0.39 is 5.82 Å². The molecule has 2 atom stereocenters. The molecule has 9 heteroatoms. The second-order valence-electron chi connectivity index (χ2n) is 6.59. The summed E-state index contributed by atoms with van der Waals surface area (Å²) in [5.41, 5.74) is 6.12. The molecular formula is C17H19FN6OS. The minimum Gasteiger partial charge on any atom is -0.507 e. The Hall–Kier alpha value is -2.52. The first kappa shape index (κ1) is 16.9. The van der Waals surface area contributed by atoms with Crippen molar-refractivity contribution in [2.45, 2.75) is 0 Å². The van der Waals surface area contributed by atoms with Crippen molar-refractivity contribution in [2.75, 3.05) is 31.1 Å². The van der Waals surface area contributed by atoms with Gasteiger partial charge >= 0.3 is 0 Å². The summed E-state index contributed by atoms with van der Waals surface area (Å²) in [6.07, 6.45) is 2.21. The summed E-state index contributed by atoms with van der Waals surface area (Å²) in [6, 6.07) is 2.63. The Morgan fingerprint density at radius 1 is 1.35 bits per heavy atom. The quantitative estimate of drug-likeness (QED) is 0.606. The minimum atomic E-state index is -0.619. The van der Waals surface area contributed by atoms with E-state index in [-0.39, 0.29) is 11.3 Å². The van der Waals surface area contributed by atoms with Crippen molar-refractivity contribution in [3.63, 3.8) is 0 Å². The van der Waals surface area contributed by atoms with Gasteiger partial charge in [-0.1, -0.05) is 11.3 Å². The lowest BCUT2D eigenvalue weighted by Crippen LogP contribution is -2.25. The number of nitrogens with zero attached hydrogens (tertiary/aromatic N) is 3. The van der Waals surface area contributed by atoms with E-state index in [0.29, 0.717) is 28.0 Å². The Bertz CT molecular complexity index is 847. The molecule has 0 aliphatic carbocycles. The molecule has 1 aromatic carbocycles. The molecular weight excluding hydrogens is 355 g/mol. The fourth-order valence-corrected chi connectivity index (χ4v) is 4.57. The standard InChI is InChI=1S/C17H19FN6OS/c18-13-1-9(10(3-19)4-20)2-14(25)15(13)16-22-23-17(26-16)24-7-11-5-21-6-12(11)8-24/h1-4,11-12,19,21,25H,5-8,20H2/b10-4+,19-3?/t11-,12+. The molecule has 136 valence electrons. The average Bonchev–Trinajstić information content (AvgIpc) is 3.30. The highest BCUT2D eigenvalue weighted by Gasteiger charge is 2.37. The van der Waals surface area contributed by atoms with Gasteiger partial charge in [0.05, 0.1) is 5.56 Å². The van der Waals surface area contributed by atoms with Gasteiger partial charge in [-0.2, -0.15) is 0 Å². The van der Waals surface area contributed by atoms with Crippen molar-refractivity contribution >= 4 is 28.3 Å². The highest BCUT2D eigenvalue weighted by molar-refractivity contribution is 7.18. The van der Waals surface area contributed by atoms with Gasteiger partial charge in [0.2, 0.25) is 5.13 Å². The summed E-state index contributed by atoms with van der Waals surface area (Å²) < 4.78 is 14.6. The van der Waals surface area contributed by atoms with Gasteiger partial charge in [-0.05, 0) is 29.5 Å². The van der Waals surface area contributed by atoms with Crippen LogP contribution in [0.4, 0.5) is 9.52 Å². The lowest BCUT2D eigenvalue weighted by Gasteiger charge is -2.14. The Kier molecular flexibility index (Phi) is 4.33. The summed E-state index contributed by atoms with van der Waals surface area (Å²) in [4.78, 5) is 2.19. The largest absolute Gasteiger partial charge is 0.507 e. The van der Waals surface area contributed by atoms with Crippen LogP contribution in [0.1, 0.15) is 5.56 Å². The van der Waals surface area contributed by atoms with Crippen LogP contribution in [0.3, 0.4) is 0 Å². The summed E-state index contributed by atoms with van der Waals surface area (Å²) >= 11 is 1.28. The van der Waals surface area contributed by atoms with Crippen LogP contribution in [-0.2, 0) is 0 Å². The molecule has 3 heterocycles. The van der Waals surface area contributed by atoms with Crippen molar-refractivity contribution in [3.8, 4) is 16.3 Å². The molecule has 0 unspecified atom stereocenters. The van der Waals surface area contributed by atoms with E-state index in [9.17, 15) is 9.50 Å². The molecule has 2 fully saturated rings. The number of phenolic OH excluding ortho intramolecular Hbond substituents is 1. The number of aromatic hydroxyl groups is 1. The van der Waals surface area contributed by atoms with E-state index in [2.05, 4.69) is 20.4 Å². The molecule has 0 radical (unpaired) electrons. The summed E-state index contributed by atoms with van der Waals surface area (Å²) in [5, 5.41) is 30.4. The van der Waals surface area contributed by atoms with Crippen LogP contribution in [0.5, 0.6) is 5.75 Å². The predicted octanol–water partition coefficient (Wildman–Crippen LogP) is 1.65. The number of nitrogens with one attached hydrogen (secondary N) is 2. The van der Waals surface area contributed by atoms with Crippen LogP contribution in [0.2, 0.25) is 0 Å². The van der Waals surface area contributed by atoms with Crippen molar-refractivity contribution in [2.24, 2.45) is 17.6 Å². The smallest absolute Gasteiger partial charge is 0.208 e. The number of rotatable bonds is 4. The van der Waals surface area contributed by atoms with Gasteiger partial charge in [0, 0.05) is 44.2 Å². The number of nitrogens with two attached hydrogens (primary N) is 1. The molecule has 2 aromatic rings. The minimum absolute atomic E-state index is 0.0277. The number of hydrogen-bond acceptors (Lipinski definition) is 8. The van der Waals surface area contributed by atoms with Gasteiger partial charge in [-0.25, -0.2) is 4.39 Å². The van der Waals surface area contributed by atoms with Crippen LogP contribution in [-0.4, -0.2) is 47.7 Å². The normalized spacial score (nSPS) is 22.7. The van der Waals surface area contributed by atoms with E-state index >= 15 is 0 Å². The molecule has 2 aliphatic heterocycles. The number of aromatic nitrogens is 2. The van der Waals surface area contributed by atoms with E-state index in [4.69, 9.17) is 11.1 Å². The third-order valence-corrected chi connectivity index (χ3v) is 6.03. The fourth-order valence-electron chi connectivity index (χ4n) is 3.65. The van der Waals surface area contributed by atoms with Crippen LogP contribution >= 0.6 is 11.3 Å². The van der Waals surface area contributed by atoms with Crippen molar-refractivity contribution in [3.05, 3.63) is 29.7 Å². The zero-order valence-electron chi connectivity index (χ0n) is 13.9. The third-order valence-electron chi connectivity index (χ3n) is 5.03. The van der Waals surface area contributed by atoms with E-state index in [1.165, 1.54) is 29.7 Å². The monoisotopic (exact) mass is 374 g/mol. The zero-order chi connectivity index (χ0) is 18.3. The Balaban J connectivity index is 1.62. The molecule has 4 rings (SSSR count). The average molecular weight is 374 g/mol. The maximum atomic E-state index is 14.6. The molecule has 26 heavy (non-hydrogen) atoms. The number of benzene rings is 1. The van der Waals surface area contributed by atoms with Gasteiger partial charge in [-0.3, -0.25) is 0 Å². The molecule has 0 amide bonds. The van der Waals surface area contributed by atoms with Crippen LogP contribution < -0.4 is 16.0 Å². The summed E-state index contributed by atoms with van der Waals surface area (Å²) in [7, 11) is 0. The maximum Gasteiger partial charge on any atom is 0.208 e. The zero-order valence-corrected chi connectivity index (χ0v) is 14.8. The number of anilines is 1. The first-order valence-electron chi connectivity index (χ1n) is 8.35. The Morgan fingerprint density at radius 2 is 2.08 bits per heavy atom. The topological polar surface area (TPSA) is 111 Å². The SMILES string of the molecule is N=C/C(=C\N)c1cc(O)c(-c2nnc(N3C[C@H]4CNC[C@H]4C3)s2)c(F)c1. The number of fused-ring (bicyclic) bond motifs is 1. The molecule has 2 aliphatic rings. The van der Waals surface area contributed by atoms with E-state index in [1.807, 2.05) is 0 Å². The molecule has 0 saturated carbocycles. The third kappa shape index (κ3) is 2.82. The second-order valence-corrected chi connectivity index (χ2v) is 7.55. The maximum absolute atomic E-state index is 14.6. The van der Waals surface area contributed by atoms with E-state index in [0.717, 1.165) is 37.5 Å². The van der Waals surface area contributed by atoms with E-state index in [1.54, 1.807) is 0 Å². The summed E-state index contributed by atoms with van der Waals surface area (Å²) in [5.74, 6) is 0.376. The van der Waals surface area contributed by atoms with Crippen molar-refractivity contribution in [1.82, 2.24) is 15.5 Å². The number of halogens is 1. The molecule has 2 saturated heterocycles. The van der Waals surface area contributed by atoms with Crippen LogP contribution in [0.25, 0.3) is 16.1 Å². The molecule has 0 spiro atoms. The van der Waals surface area contributed by atoms with Gasteiger partial charge in [0.15, 0.2) is 5.01 Å². The fraction of sp³-hybridized carbons (Fsp3) is 0.353. The number of phenols is 1. The van der Waals surface area contributed by atoms with Crippen molar-refractivity contribution in [1.29, 1.82) is 5.41 Å². The molecule has 1 aromatic heterocycles. The van der Waals surface area contributed by atoms with Gasteiger partial charge in [0.25, 0.3) is 0 Å². The predicted molar refractivity (Wildman–Crippen MR) is 100.0 cm³/mol. The van der Waals surface area contributed by atoms with Gasteiger partial charge < -0.3 is 26.5 Å². The Labute approximate surface area is 153 Å². The van der Waals surface area contributed by atoms with Gasteiger partial charge in [-0.15, -0.1) is 10.2 Å². The van der Waals surface area contributed by atoms with Gasteiger partial charge in [0.1, 0.15) is 11.6 Å². The Morgan fingerprint density at radius 3 is 2.69 bits per heavy atom. The highest BCUT2D eigenvalue weighted by atomic mass is 32.1. The summed E-state index contributed by atoms with van der Waals surface area (Å²) in [6.45, 7) is 3.88. The second kappa shape index (κ2) is 6.65.